The zero-order chi connectivity index (χ0) is 12.8. The van der Waals surface area contributed by atoms with Crippen molar-refractivity contribution in [3.63, 3.8) is 0 Å². The van der Waals surface area contributed by atoms with E-state index in [4.69, 9.17) is 5.11 Å². The molecule has 3 heteroatoms. The molecule has 0 aliphatic rings. The third-order valence-electron chi connectivity index (χ3n) is 2.89. The molecule has 0 radical (unpaired) electrons. The molecule has 0 spiro atoms. The first kappa shape index (κ1) is 12.6. The number of hydrogen-bond donors (Lipinski definition) is 2. The third kappa shape index (κ3) is 3.08. The summed E-state index contributed by atoms with van der Waals surface area (Å²) in [7, 11) is 0. The van der Waals surface area contributed by atoms with E-state index in [1.807, 2.05) is 42.5 Å². The van der Waals surface area contributed by atoms with Crippen LogP contribution in [0.25, 0.3) is 10.8 Å². The van der Waals surface area contributed by atoms with Crippen molar-refractivity contribution in [3.8, 4) is 0 Å². The maximum absolute atomic E-state index is 11.7. The van der Waals surface area contributed by atoms with E-state index >= 15 is 0 Å². The van der Waals surface area contributed by atoms with E-state index in [0.717, 1.165) is 16.3 Å². The van der Waals surface area contributed by atoms with Gasteiger partial charge in [-0.15, -0.1) is 0 Å². The lowest BCUT2D eigenvalue weighted by atomic mass is 10.0. The molecule has 0 aromatic heterocycles. The van der Waals surface area contributed by atoms with Crippen molar-refractivity contribution in [2.75, 3.05) is 13.2 Å². The highest BCUT2D eigenvalue weighted by molar-refractivity contribution is 5.90. The van der Waals surface area contributed by atoms with Crippen LogP contribution < -0.4 is 5.32 Å². The molecule has 1 amide bonds. The van der Waals surface area contributed by atoms with Gasteiger partial charge in [0.2, 0.25) is 5.91 Å². The molecule has 0 saturated carbocycles. The van der Waals surface area contributed by atoms with Crippen LogP contribution in [0.5, 0.6) is 0 Å². The van der Waals surface area contributed by atoms with E-state index in [2.05, 4.69) is 5.32 Å². The minimum atomic E-state index is -0.000182. The molecule has 2 N–H and O–H groups in total. The smallest absolute Gasteiger partial charge is 0.224 e. The van der Waals surface area contributed by atoms with Crippen molar-refractivity contribution >= 4 is 16.7 Å². The molecule has 0 unspecified atom stereocenters. The first-order valence-electron chi connectivity index (χ1n) is 6.15. The van der Waals surface area contributed by atoms with Gasteiger partial charge in [-0.05, 0) is 22.8 Å². The van der Waals surface area contributed by atoms with Gasteiger partial charge in [0.1, 0.15) is 0 Å². The Hall–Kier alpha value is -1.87. The van der Waals surface area contributed by atoms with Gasteiger partial charge in [0.15, 0.2) is 0 Å². The lowest BCUT2D eigenvalue weighted by molar-refractivity contribution is -0.120. The number of carbonyl (C=O) groups excluding carboxylic acids is 1. The number of aliphatic hydroxyl groups excluding tert-OH is 1. The molecular formula is C15H17NO2. The Balaban J connectivity index is 2.09. The Morgan fingerprint density at radius 2 is 1.89 bits per heavy atom. The number of benzene rings is 2. The van der Waals surface area contributed by atoms with Crippen LogP contribution in [0.3, 0.4) is 0 Å². The van der Waals surface area contributed by atoms with Crippen LogP contribution in [0.15, 0.2) is 42.5 Å². The van der Waals surface area contributed by atoms with Crippen LogP contribution in [0.2, 0.25) is 0 Å². The number of amides is 1. The quantitative estimate of drug-likeness (QED) is 0.788. The van der Waals surface area contributed by atoms with Crippen molar-refractivity contribution in [1.29, 1.82) is 0 Å². The van der Waals surface area contributed by atoms with Gasteiger partial charge in [-0.25, -0.2) is 0 Å². The topological polar surface area (TPSA) is 49.3 Å². The minimum absolute atomic E-state index is 0.000182. The second-order valence-electron chi connectivity index (χ2n) is 4.24. The fourth-order valence-corrected chi connectivity index (χ4v) is 1.99. The van der Waals surface area contributed by atoms with E-state index in [1.54, 1.807) is 0 Å². The van der Waals surface area contributed by atoms with Crippen LogP contribution in [0, 0.1) is 0 Å². The third-order valence-corrected chi connectivity index (χ3v) is 2.89. The molecule has 0 bridgehead atoms. The van der Waals surface area contributed by atoms with Crippen LogP contribution in [-0.2, 0) is 11.2 Å². The van der Waals surface area contributed by atoms with E-state index in [1.165, 1.54) is 0 Å². The minimum Gasteiger partial charge on any atom is -0.396 e. The van der Waals surface area contributed by atoms with Gasteiger partial charge in [-0.2, -0.15) is 0 Å². The summed E-state index contributed by atoms with van der Waals surface area (Å²) in [6.07, 6.45) is 0.980. The highest BCUT2D eigenvalue weighted by Gasteiger charge is 2.05. The summed E-state index contributed by atoms with van der Waals surface area (Å²) < 4.78 is 0. The standard InChI is InChI=1S/C15H17NO2/c17-10-4-9-16-15(18)11-13-7-3-6-12-5-1-2-8-14(12)13/h1-3,5-8,17H,4,9-11H2,(H,16,18). The van der Waals surface area contributed by atoms with Crippen LogP contribution in [0.4, 0.5) is 0 Å². The first-order chi connectivity index (χ1) is 8.81. The molecule has 2 aromatic rings. The molecular weight excluding hydrogens is 226 g/mol. The molecule has 0 atom stereocenters. The molecule has 0 fully saturated rings. The van der Waals surface area contributed by atoms with Crippen molar-refractivity contribution in [1.82, 2.24) is 5.32 Å². The second-order valence-corrected chi connectivity index (χ2v) is 4.24. The predicted octanol–water partition coefficient (Wildman–Crippen LogP) is 1.88. The van der Waals surface area contributed by atoms with Gasteiger partial charge in [0, 0.05) is 13.2 Å². The summed E-state index contributed by atoms with van der Waals surface area (Å²) >= 11 is 0. The maximum atomic E-state index is 11.7. The Morgan fingerprint density at radius 1 is 1.11 bits per heavy atom. The molecule has 3 nitrogen and oxygen atoms in total. The van der Waals surface area contributed by atoms with Gasteiger partial charge in [-0.1, -0.05) is 42.5 Å². The zero-order valence-corrected chi connectivity index (χ0v) is 10.2. The molecule has 0 saturated heterocycles. The predicted molar refractivity (Wildman–Crippen MR) is 72.4 cm³/mol. The monoisotopic (exact) mass is 243 g/mol. The Bertz CT molecular complexity index is 532. The van der Waals surface area contributed by atoms with Crippen molar-refractivity contribution in [2.45, 2.75) is 12.8 Å². The number of rotatable bonds is 5. The van der Waals surface area contributed by atoms with Crippen molar-refractivity contribution < 1.29 is 9.90 Å². The fraction of sp³-hybridized carbons (Fsp3) is 0.267. The molecule has 0 aliphatic carbocycles. The lowest BCUT2D eigenvalue weighted by Gasteiger charge is -2.07. The normalized spacial score (nSPS) is 10.5. The van der Waals surface area contributed by atoms with Gasteiger partial charge in [-0.3, -0.25) is 4.79 Å². The van der Waals surface area contributed by atoms with Crippen molar-refractivity contribution in [3.05, 3.63) is 48.0 Å². The summed E-state index contributed by atoms with van der Waals surface area (Å²) in [4.78, 5) is 11.7. The summed E-state index contributed by atoms with van der Waals surface area (Å²) in [5.74, 6) is -0.000182. The SMILES string of the molecule is O=C(Cc1cccc2ccccc12)NCCCO. The molecule has 0 heterocycles. The summed E-state index contributed by atoms with van der Waals surface area (Å²) in [5.41, 5.74) is 1.04. The molecule has 2 aromatic carbocycles. The lowest BCUT2D eigenvalue weighted by Crippen LogP contribution is -2.26. The summed E-state index contributed by atoms with van der Waals surface area (Å²) in [5, 5.41) is 13.7. The zero-order valence-electron chi connectivity index (χ0n) is 10.2. The Morgan fingerprint density at radius 3 is 2.72 bits per heavy atom. The van der Waals surface area contributed by atoms with Crippen LogP contribution >= 0.6 is 0 Å². The number of carbonyl (C=O) groups is 1. The van der Waals surface area contributed by atoms with Gasteiger partial charge >= 0.3 is 0 Å². The van der Waals surface area contributed by atoms with Crippen molar-refractivity contribution in [2.24, 2.45) is 0 Å². The molecule has 18 heavy (non-hydrogen) atoms. The number of fused-ring (bicyclic) bond motifs is 1. The number of hydrogen-bond acceptors (Lipinski definition) is 2. The highest BCUT2D eigenvalue weighted by atomic mass is 16.3. The van der Waals surface area contributed by atoms with E-state index in [0.29, 0.717) is 19.4 Å². The van der Waals surface area contributed by atoms with E-state index in [-0.39, 0.29) is 12.5 Å². The summed E-state index contributed by atoms with van der Waals surface area (Å²) in [6, 6.07) is 14.0. The molecule has 2 rings (SSSR count). The first-order valence-corrected chi connectivity index (χ1v) is 6.15. The molecule has 0 aliphatic heterocycles. The molecule has 94 valence electrons. The van der Waals surface area contributed by atoms with Gasteiger partial charge in [0.25, 0.3) is 0 Å². The number of nitrogens with one attached hydrogen (secondary N) is 1. The highest BCUT2D eigenvalue weighted by Crippen LogP contribution is 2.18. The second kappa shape index (κ2) is 6.17. The Kier molecular flexibility index (Phi) is 4.31. The van der Waals surface area contributed by atoms with Gasteiger partial charge < -0.3 is 10.4 Å². The largest absolute Gasteiger partial charge is 0.396 e. The van der Waals surface area contributed by atoms with E-state index < -0.39 is 0 Å². The van der Waals surface area contributed by atoms with Crippen LogP contribution in [-0.4, -0.2) is 24.2 Å². The van der Waals surface area contributed by atoms with E-state index in [9.17, 15) is 4.79 Å². The average molecular weight is 243 g/mol. The average Bonchev–Trinajstić information content (AvgIpc) is 2.39. The van der Waals surface area contributed by atoms with Gasteiger partial charge in [0.05, 0.1) is 6.42 Å². The fourth-order valence-electron chi connectivity index (χ4n) is 1.99. The summed E-state index contributed by atoms with van der Waals surface area (Å²) in [6.45, 7) is 0.634. The Labute approximate surface area is 106 Å². The maximum Gasteiger partial charge on any atom is 0.224 e. The number of aliphatic hydroxyl groups is 1. The van der Waals surface area contributed by atoms with Crippen LogP contribution in [0.1, 0.15) is 12.0 Å².